The van der Waals surface area contributed by atoms with Crippen LogP contribution in [-0.2, 0) is 4.79 Å². The van der Waals surface area contributed by atoms with E-state index in [1.165, 1.54) is 0 Å². The molecule has 0 fully saturated rings. The standard InChI is InChI=1S/C19H18N2O3/c1-14(11-15-7-3-2-4-8-15)12-20-21-19(22)18-13-23-16-9-5-6-10-17(16)24-18/h2-12,18H,13H2,1H3,(H,21,22)/b14-11+,20-12?/t18-/m1/s1. The van der Waals surface area contributed by atoms with E-state index < -0.39 is 6.10 Å². The molecular weight excluding hydrogens is 304 g/mol. The second-order valence-corrected chi connectivity index (χ2v) is 5.40. The lowest BCUT2D eigenvalue weighted by atomic mass is 10.1. The molecule has 5 heteroatoms. The number of benzene rings is 2. The van der Waals surface area contributed by atoms with Crippen LogP contribution >= 0.6 is 0 Å². The van der Waals surface area contributed by atoms with Crippen molar-refractivity contribution >= 4 is 18.2 Å². The van der Waals surface area contributed by atoms with E-state index in [2.05, 4.69) is 10.5 Å². The molecule has 1 aliphatic rings. The Bertz CT molecular complexity index is 769. The Balaban J connectivity index is 1.55. The van der Waals surface area contributed by atoms with Crippen LogP contribution in [0.25, 0.3) is 6.08 Å². The topological polar surface area (TPSA) is 59.9 Å². The van der Waals surface area contributed by atoms with E-state index in [9.17, 15) is 4.79 Å². The van der Waals surface area contributed by atoms with Gasteiger partial charge in [-0.25, -0.2) is 5.43 Å². The van der Waals surface area contributed by atoms with Gasteiger partial charge in [-0.15, -0.1) is 0 Å². The lowest BCUT2D eigenvalue weighted by molar-refractivity contribution is -0.130. The molecule has 1 atom stereocenters. The molecule has 0 unspecified atom stereocenters. The average molecular weight is 322 g/mol. The van der Waals surface area contributed by atoms with E-state index >= 15 is 0 Å². The Morgan fingerprint density at radius 3 is 2.62 bits per heavy atom. The number of para-hydroxylation sites is 2. The molecule has 3 rings (SSSR count). The zero-order valence-electron chi connectivity index (χ0n) is 13.3. The molecule has 0 saturated heterocycles. The zero-order chi connectivity index (χ0) is 16.8. The van der Waals surface area contributed by atoms with Gasteiger partial charge in [0.2, 0.25) is 6.10 Å². The highest BCUT2D eigenvalue weighted by Gasteiger charge is 2.26. The molecule has 1 N–H and O–H groups in total. The van der Waals surface area contributed by atoms with Gasteiger partial charge >= 0.3 is 0 Å². The van der Waals surface area contributed by atoms with Crippen LogP contribution < -0.4 is 14.9 Å². The summed E-state index contributed by atoms with van der Waals surface area (Å²) in [5.41, 5.74) is 4.49. The molecule has 0 radical (unpaired) electrons. The van der Waals surface area contributed by atoms with Gasteiger partial charge in [0.1, 0.15) is 6.61 Å². The highest BCUT2D eigenvalue weighted by atomic mass is 16.6. The van der Waals surface area contributed by atoms with E-state index in [1.54, 1.807) is 18.3 Å². The number of ether oxygens (including phenoxy) is 2. The number of hydrogen-bond acceptors (Lipinski definition) is 4. The maximum absolute atomic E-state index is 12.1. The molecule has 2 aromatic carbocycles. The quantitative estimate of drug-likeness (QED) is 0.695. The zero-order valence-corrected chi connectivity index (χ0v) is 13.3. The van der Waals surface area contributed by atoms with E-state index in [1.807, 2.05) is 55.5 Å². The van der Waals surface area contributed by atoms with Crippen molar-refractivity contribution in [3.63, 3.8) is 0 Å². The van der Waals surface area contributed by atoms with Crippen molar-refractivity contribution in [3.8, 4) is 11.5 Å². The number of nitrogens with one attached hydrogen (secondary N) is 1. The van der Waals surface area contributed by atoms with Crippen LogP contribution in [0, 0.1) is 0 Å². The number of fused-ring (bicyclic) bond motifs is 1. The predicted molar refractivity (Wildman–Crippen MR) is 93.1 cm³/mol. The number of hydrogen-bond donors (Lipinski definition) is 1. The number of hydrazone groups is 1. The Kier molecular flexibility index (Phi) is 4.91. The van der Waals surface area contributed by atoms with Crippen molar-refractivity contribution in [2.24, 2.45) is 5.10 Å². The van der Waals surface area contributed by atoms with Gasteiger partial charge in [0.15, 0.2) is 11.5 Å². The SMILES string of the molecule is C/C(C=NNC(=O)[C@H]1COc2ccccc2O1)=C\c1ccccc1. The predicted octanol–water partition coefficient (Wildman–Crippen LogP) is 3.03. The lowest BCUT2D eigenvalue weighted by Crippen LogP contribution is -2.42. The first kappa shape index (κ1) is 15.8. The molecule has 0 bridgehead atoms. The van der Waals surface area contributed by atoms with Crippen molar-refractivity contribution < 1.29 is 14.3 Å². The van der Waals surface area contributed by atoms with E-state index in [0.29, 0.717) is 11.5 Å². The molecule has 0 spiro atoms. The van der Waals surface area contributed by atoms with Crippen LogP contribution in [-0.4, -0.2) is 24.8 Å². The molecule has 2 aromatic rings. The molecular formula is C19H18N2O3. The molecule has 122 valence electrons. The van der Waals surface area contributed by atoms with Crippen LogP contribution in [0.3, 0.4) is 0 Å². The number of nitrogens with zero attached hydrogens (tertiary/aromatic N) is 1. The summed E-state index contributed by atoms with van der Waals surface area (Å²) in [6.07, 6.45) is 2.87. The number of amides is 1. The largest absolute Gasteiger partial charge is 0.485 e. The summed E-state index contributed by atoms with van der Waals surface area (Å²) >= 11 is 0. The van der Waals surface area contributed by atoms with Gasteiger partial charge < -0.3 is 9.47 Å². The van der Waals surface area contributed by atoms with Crippen molar-refractivity contribution in [2.75, 3.05) is 6.61 Å². The summed E-state index contributed by atoms with van der Waals surface area (Å²) < 4.78 is 11.1. The minimum atomic E-state index is -0.713. The molecule has 5 nitrogen and oxygen atoms in total. The first-order chi connectivity index (χ1) is 11.7. The fourth-order valence-electron chi connectivity index (χ4n) is 2.27. The smallest absolute Gasteiger partial charge is 0.284 e. The summed E-state index contributed by atoms with van der Waals surface area (Å²) in [7, 11) is 0. The van der Waals surface area contributed by atoms with Crippen LogP contribution in [0.5, 0.6) is 11.5 Å². The van der Waals surface area contributed by atoms with Crippen molar-refractivity contribution in [1.29, 1.82) is 0 Å². The van der Waals surface area contributed by atoms with Gasteiger partial charge in [-0.3, -0.25) is 4.79 Å². The maximum atomic E-state index is 12.1. The fraction of sp³-hybridized carbons (Fsp3) is 0.158. The normalized spacial score (nSPS) is 16.9. The van der Waals surface area contributed by atoms with Crippen molar-refractivity contribution in [1.82, 2.24) is 5.43 Å². The Labute approximate surface area is 140 Å². The maximum Gasteiger partial charge on any atom is 0.284 e. The van der Waals surface area contributed by atoms with E-state index in [4.69, 9.17) is 9.47 Å². The molecule has 0 saturated carbocycles. The van der Waals surface area contributed by atoms with Gasteiger partial charge in [-0.05, 0) is 30.2 Å². The average Bonchev–Trinajstić information content (AvgIpc) is 2.62. The number of carbonyl (C=O) groups is 1. The number of allylic oxidation sites excluding steroid dienone is 1. The van der Waals surface area contributed by atoms with Crippen LogP contribution in [0.1, 0.15) is 12.5 Å². The third-order valence-corrected chi connectivity index (χ3v) is 3.44. The minimum absolute atomic E-state index is 0.164. The molecule has 0 aromatic heterocycles. The number of rotatable bonds is 4. The monoisotopic (exact) mass is 322 g/mol. The van der Waals surface area contributed by atoms with E-state index in [0.717, 1.165) is 11.1 Å². The van der Waals surface area contributed by atoms with Crippen molar-refractivity contribution in [3.05, 3.63) is 65.7 Å². The number of carbonyl (C=O) groups excluding carboxylic acids is 1. The van der Waals surface area contributed by atoms with Gasteiger partial charge in [0.25, 0.3) is 5.91 Å². The summed E-state index contributed by atoms with van der Waals surface area (Å²) in [6, 6.07) is 17.2. The van der Waals surface area contributed by atoms with Crippen LogP contribution in [0.15, 0.2) is 65.3 Å². The third kappa shape index (κ3) is 4.01. The third-order valence-electron chi connectivity index (χ3n) is 3.44. The first-order valence-corrected chi connectivity index (χ1v) is 7.67. The molecule has 24 heavy (non-hydrogen) atoms. The lowest BCUT2D eigenvalue weighted by Gasteiger charge is -2.24. The molecule has 1 heterocycles. The highest BCUT2D eigenvalue weighted by Crippen LogP contribution is 2.30. The van der Waals surface area contributed by atoms with Gasteiger partial charge in [-0.2, -0.15) is 5.10 Å². The first-order valence-electron chi connectivity index (χ1n) is 7.67. The molecule has 0 aliphatic carbocycles. The van der Waals surface area contributed by atoms with Crippen LogP contribution in [0.4, 0.5) is 0 Å². The summed E-state index contributed by atoms with van der Waals surface area (Å²) in [5, 5.41) is 3.97. The Morgan fingerprint density at radius 2 is 1.83 bits per heavy atom. The summed E-state index contributed by atoms with van der Waals surface area (Å²) in [4.78, 5) is 12.1. The summed E-state index contributed by atoms with van der Waals surface area (Å²) in [6.45, 7) is 2.08. The highest BCUT2D eigenvalue weighted by molar-refractivity contribution is 5.87. The fourth-order valence-corrected chi connectivity index (χ4v) is 2.27. The van der Waals surface area contributed by atoms with E-state index in [-0.39, 0.29) is 12.5 Å². The minimum Gasteiger partial charge on any atom is -0.485 e. The van der Waals surface area contributed by atoms with Gasteiger partial charge in [-0.1, -0.05) is 48.5 Å². The van der Waals surface area contributed by atoms with Gasteiger partial charge in [0.05, 0.1) is 6.21 Å². The second kappa shape index (κ2) is 7.46. The second-order valence-electron chi connectivity index (χ2n) is 5.40. The Morgan fingerprint density at radius 1 is 1.12 bits per heavy atom. The van der Waals surface area contributed by atoms with Gasteiger partial charge in [0, 0.05) is 0 Å². The summed E-state index contributed by atoms with van der Waals surface area (Å²) in [5.74, 6) is 0.869. The molecule has 1 aliphatic heterocycles. The van der Waals surface area contributed by atoms with Crippen molar-refractivity contribution in [2.45, 2.75) is 13.0 Å². The Hall–Kier alpha value is -3.08. The van der Waals surface area contributed by atoms with Crippen LogP contribution in [0.2, 0.25) is 0 Å². The molecule has 1 amide bonds.